The molecule has 3 N–H and O–H groups in total. The number of methoxy groups -OCH3 is 1. The average molecular weight is 353 g/mol. The third-order valence-electron chi connectivity index (χ3n) is 4.30. The van der Waals surface area contributed by atoms with Crippen LogP contribution in [0.25, 0.3) is 0 Å². The first-order valence-corrected chi connectivity index (χ1v) is 8.67. The maximum absolute atomic E-state index is 12.2. The molecule has 6 nitrogen and oxygen atoms in total. The van der Waals surface area contributed by atoms with E-state index in [4.69, 9.17) is 4.74 Å². The quantitative estimate of drug-likeness (QED) is 0.736. The van der Waals surface area contributed by atoms with Gasteiger partial charge in [-0.1, -0.05) is 18.2 Å². The molecule has 6 heteroatoms. The van der Waals surface area contributed by atoms with Crippen molar-refractivity contribution < 1.29 is 14.3 Å². The molecule has 1 atom stereocenters. The molecule has 136 valence electrons. The third kappa shape index (κ3) is 4.75. The van der Waals surface area contributed by atoms with E-state index in [1.165, 1.54) is 0 Å². The Kier molecular flexibility index (Phi) is 5.41. The van der Waals surface area contributed by atoms with Gasteiger partial charge in [-0.25, -0.2) is 4.79 Å². The lowest BCUT2D eigenvalue weighted by atomic mass is 10.1. The van der Waals surface area contributed by atoms with Gasteiger partial charge < -0.3 is 20.7 Å². The second-order valence-electron chi connectivity index (χ2n) is 6.44. The summed E-state index contributed by atoms with van der Waals surface area (Å²) in [6.07, 6.45) is 1.96. The number of carbonyl (C=O) groups is 2. The summed E-state index contributed by atoms with van der Waals surface area (Å²) in [5, 5.41) is 8.58. The number of hydrogen-bond donors (Lipinski definition) is 3. The van der Waals surface area contributed by atoms with Crippen LogP contribution in [0.2, 0.25) is 0 Å². The first-order valence-electron chi connectivity index (χ1n) is 8.67. The highest BCUT2D eigenvalue weighted by atomic mass is 16.5. The van der Waals surface area contributed by atoms with Gasteiger partial charge in [0.25, 0.3) is 0 Å². The molecular formula is C20H23N3O3. The number of rotatable bonds is 6. The largest absolute Gasteiger partial charge is 0.497 e. The van der Waals surface area contributed by atoms with E-state index in [1.54, 1.807) is 19.2 Å². The molecule has 0 aromatic heterocycles. The fourth-order valence-corrected chi connectivity index (χ4v) is 2.59. The van der Waals surface area contributed by atoms with Crippen molar-refractivity contribution >= 4 is 23.3 Å². The minimum atomic E-state index is -0.295. The SMILES string of the molecule is COc1cccc(NC(=O)NC(C)c2ccc(NC(=O)C3CC3)cc2)c1. The molecule has 26 heavy (non-hydrogen) atoms. The normalized spacial score (nSPS) is 14.2. The topological polar surface area (TPSA) is 79.5 Å². The number of ether oxygens (including phenoxy) is 1. The summed E-state index contributed by atoms with van der Waals surface area (Å²) in [4.78, 5) is 23.9. The van der Waals surface area contributed by atoms with Gasteiger partial charge in [0.2, 0.25) is 5.91 Å². The molecule has 0 spiro atoms. The summed E-state index contributed by atoms with van der Waals surface area (Å²) in [5.41, 5.74) is 2.39. The lowest BCUT2D eigenvalue weighted by Crippen LogP contribution is -2.31. The zero-order valence-electron chi connectivity index (χ0n) is 14.9. The van der Waals surface area contributed by atoms with Crippen molar-refractivity contribution in [1.82, 2.24) is 5.32 Å². The lowest BCUT2D eigenvalue weighted by Gasteiger charge is -2.16. The van der Waals surface area contributed by atoms with Crippen molar-refractivity contribution in [3.8, 4) is 5.75 Å². The Bertz CT molecular complexity index is 785. The molecule has 1 unspecified atom stereocenters. The molecule has 0 saturated heterocycles. The monoisotopic (exact) mass is 353 g/mol. The smallest absolute Gasteiger partial charge is 0.319 e. The molecular weight excluding hydrogens is 330 g/mol. The molecule has 0 aliphatic heterocycles. The summed E-state index contributed by atoms with van der Waals surface area (Å²) in [6, 6.07) is 14.2. The zero-order valence-corrected chi connectivity index (χ0v) is 14.9. The van der Waals surface area contributed by atoms with E-state index in [0.29, 0.717) is 11.4 Å². The second-order valence-corrected chi connectivity index (χ2v) is 6.44. The Hall–Kier alpha value is -3.02. The van der Waals surface area contributed by atoms with Crippen LogP contribution in [0.3, 0.4) is 0 Å². The van der Waals surface area contributed by atoms with Gasteiger partial charge in [0.1, 0.15) is 5.75 Å². The van der Waals surface area contributed by atoms with Gasteiger partial charge in [-0.15, -0.1) is 0 Å². The Balaban J connectivity index is 1.53. The van der Waals surface area contributed by atoms with E-state index in [2.05, 4.69) is 16.0 Å². The molecule has 3 amide bonds. The minimum Gasteiger partial charge on any atom is -0.497 e. The molecule has 1 saturated carbocycles. The lowest BCUT2D eigenvalue weighted by molar-refractivity contribution is -0.117. The summed E-state index contributed by atoms with van der Waals surface area (Å²) in [5.74, 6) is 0.942. The predicted molar refractivity (Wildman–Crippen MR) is 101 cm³/mol. The Morgan fingerprint density at radius 1 is 1.04 bits per heavy atom. The zero-order chi connectivity index (χ0) is 18.5. The molecule has 1 fully saturated rings. The summed E-state index contributed by atoms with van der Waals surface area (Å²) < 4.78 is 5.14. The van der Waals surface area contributed by atoms with Gasteiger partial charge in [-0.2, -0.15) is 0 Å². The van der Waals surface area contributed by atoms with E-state index in [9.17, 15) is 9.59 Å². The van der Waals surface area contributed by atoms with Gasteiger partial charge in [-0.05, 0) is 49.6 Å². The molecule has 2 aromatic carbocycles. The van der Waals surface area contributed by atoms with Crippen LogP contribution in [0.1, 0.15) is 31.4 Å². The number of hydrogen-bond acceptors (Lipinski definition) is 3. The molecule has 0 radical (unpaired) electrons. The van der Waals surface area contributed by atoms with E-state index in [-0.39, 0.29) is 23.9 Å². The van der Waals surface area contributed by atoms with E-state index in [0.717, 1.165) is 24.1 Å². The van der Waals surface area contributed by atoms with Gasteiger partial charge in [0.15, 0.2) is 0 Å². The highest BCUT2D eigenvalue weighted by Gasteiger charge is 2.29. The third-order valence-corrected chi connectivity index (χ3v) is 4.30. The Labute approximate surface area is 152 Å². The van der Waals surface area contributed by atoms with Gasteiger partial charge >= 0.3 is 6.03 Å². The van der Waals surface area contributed by atoms with Crippen molar-refractivity contribution in [3.05, 3.63) is 54.1 Å². The van der Waals surface area contributed by atoms with Crippen LogP contribution < -0.4 is 20.7 Å². The van der Waals surface area contributed by atoms with E-state index in [1.807, 2.05) is 43.3 Å². The highest BCUT2D eigenvalue weighted by molar-refractivity contribution is 5.94. The number of urea groups is 1. The number of anilines is 2. The van der Waals surface area contributed by atoms with Crippen LogP contribution in [0.15, 0.2) is 48.5 Å². The number of nitrogens with one attached hydrogen (secondary N) is 3. The molecule has 2 aromatic rings. The van der Waals surface area contributed by atoms with Crippen molar-refractivity contribution in [3.63, 3.8) is 0 Å². The fourth-order valence-electron chi connectivity index (χ4n) is 2.59. The standard InChI is InChI=1S/C20H23N3O3/c1-13(21-20(25)23-17-4-3-5-18(12-17)26-2)14-8-10-16(11-9-14)22-19(24)15-6-7-15/h3-5,8-13,15H,6-7H2,1-2H3,(H,22,24)(H2,21,23,25). The molecule has 1 aliphatic rings. The highest BCUT2D eigenvalue weighted by Crippen LogP contribution is 2.30. The number of amides is 3. The maximum Gasteiger partial charge on any atom is 0.319 e. The van der Waals surface area contributed by atoms with Gasteiger partial charge in [0.05, 0.1) is 13.2 Å². The average Bonchev–Trinajstić information content (AvgIpc) is 3.47. The van der Waals surface area contributed by atoms with Gasteiger partial charge in [-0.3, -0.25) is 4.79 Å². The van der Waals surface area contributed by atoms with Crippen molar-refractivity contribution in [2.75, 3.05) is 17.7 Å². The first-order chi connectivity index (χ1) is 12.5. The van der Waals surface area contributed by atoms with Crippen molar-refractivity contribution in [2.45, 2.75) is 25.8 Å². The van der Waals surface area contributed by atoms with Crippen LogP contribution >= 0.6 is 0 Å². The molecule has 3 rings (SSSR count). The Morgan fingerprint density at radius 2 is 1.77 bits per heavy atom. The van der Waals surface area contributed by atoms with Crippen molar-refractivity contribution in [2.24, 2.45) is 5.92 Å². The predicted octanol–water partition coefficient (Wildman–Crippen LogP) is 3.93. The van der Waals surface area contributed by atoms with Gasteiger partial charge in [0, 0.05) is 23.4 Å². The molecule has 1 aliphatic carbocycles. The summed E-state index contributed by atoms with van der Waals surface area (Å²) in [6.45, 7) is 1.91. The van der Waals surface area contributed by atoms with Crippen LogP contribution in [0, 0.1) is 5.92 Å². The molecule has 0 bridgehead atoms. The van der Waals surface area contributed by atoms with E-state index >= 15 is 0 Å². The fraction of sp³-hybridized carbons (Fsp3) is 0.300. The number of benzene rings is 2. The molecule has 0 heterocycles. The maximum atomic E-state index is 12.2. The van der Waals surface area contributed by atoms with Crippen LogP contribution in [0.4, 0.5) is 16.2 Å². The minimum absolute atomic E-state index is 0.0848. The van der Waals surface area contributed by atoms with Crippen LogP contribution in [0.5, 0.6) is 5.75 Å². The second kappa shape index (κ2) is 7.91. The van der Waals surface area contributed by atoms with E-state index < -0.39 is 0 Å². The first kappa shape index (κ1) is 17.8. The summed E-state index contributed by atoms with van der Waals surface area (Å²) in [7, 11) is 1.58. The van der Waals surface area contributed by atoms with Crippen molar-refractivity contribution in [1.29, 1.82) is 0 Å². The van der Waals surface area contributed by atoms with Crippen LogP contribution in [-0.2, 0) is 4.79 Å². The van der Waals surface area contributed by atoms with Crippen LogP contribution in [-0.4, -0.2) is 19.0 Å². The Morgan fingerprint density at radius 3 is 2.42 bits per heavy atom. The summed E-state index contributed by atoms with van der Waals surface area (Å²) >= 11 is 0. The number of carbonyl (C=O) groups excluding carboxylic acids is 2.